The number of benzene rings is 3. The van der Waals surface area contributed by atoms with E-state index in [-0.39, 0.29) is 17.3 Å². The van der Waals surface area contributed by atoms with Crippen molar-refractivity contribution >= 4 is 39.1 Å². The fraction of sp³-hybridized carbons (Fsp3) is 0.310. The molecule has 0 aromatic heterocycles. The van der Waals surface area contributed by atoms with Gasteiger partial charge in [0.25, 0.3) is 10.0 Å². The SMILES string of the molecule is CCNC(=O)[C@@H](C)N(Cc1ccccc1Cl)C(=O)CN(c1ccc(C)c(C)c1)S(=O)(=O)c1ccc(C)cc1. The Morgan fingerprint density at radius 3 is 2.21 bits per heavy atom. The monoisotopic (exact) mass is 555 g/mol. The molecule has 0 heterocycles. The predicted octanol–water partition coefficient (Wildman–Crippen LogP) is 5.01. The van der Waals surface area contributed by atoms with Crippen molar-refractivity contribution in [3.8, 4) is 0 Å². The number of rotatable bonds is 10. The zero-order valence-corrected chi connectivity index (χ0v) is 23.9. The predicted molar refractivity (Wildman–Crippen MR) is 152 cm³/mol. The number of hydrogen-bond acceptors (Lipinski definition) is 4. The van der Waals surface area contributed by atoms with Gasteiger partial charge in [-0.15, -0.1) is 0 Å². The van der Waals surface area contributed by atoms with Crippen LogP contribution in [-0.2, 0) is 26.2 Å². The molecule has 0 unspecified atom stereocenters. The van der Waals surface area contributed by atoms with Gasteiger partial charge in [-0.1, -0.05) is 53.6 Å². The summed E-state index contributed by atoms with van der Waals surface area (Å²) in [5.74, 6) is -0.871. The second-order valence-electron chi connectivity index (χ2n) is 9.28. The molecule has 0 bridgehead atoms. The maximum Gasteiger partial charge on any atom is 0.264 e. The first-order valence-electron chi connectivity index (χ1n) is 12.4. The molecule has 0 saturated carbocycles. The lowest BCUT2D eigenvalue weighted by atomic mass is 10.1. The van der Waals surface area contributed by atoms with Gasteiger partial charge in [-0.05, 0) is 81.6 Å². The van der Waals surface area contributed by atoms with Crippen LogP contribution in [0, 0.1) is 20.8 Å². The van der Waals surface area contributed by atoms with Crippen molar-refractivity contribution in [3.05, 3.63) is 94.0 Å². The number of halogens is 1. The Hall–Kier alpha value is -3.36. The molecule has 0 radical (unpaired) electrons. The van der Waals surface area contributed by atoms with E-state index in [2.05, 4.69) is 5.32 Å². The Balaban J connectivity index is 2.07. The second-order valence-corrected chi connectivity index (χ2v) is 11.5. The lowest BCUT2D eigenvalue weighted by molar-refractivity contribution is -0.139. The van der Waals surface area contributed by atoms with Crippen LogP contribution in [0.25, 0.3) is 0 Å². The van der Waals surface area contributed by atoms with E-state index in [0.29, 0.717) is 22.8 Å². The van der Waals surface area contributed by atoms with Crippen molar-refractivity contribution in [1.82, 2.24) is 10.2 Å². The Bertz CT molecular complexity index is 1410. The van der Waals surface area contributed by atoms with Crippen LogP contribution in [0.2, 0.25) is 5.02 Å². The zero-order valence-electron chi connectivity index (χ0n) is 22.4. The molecule has 0 aliphatic carbocycles. The quantitative estimate of drug-likeness (QED) is 0.381. The summed E-state index contributed by atoms with van der Waals surface area (Å²) in [5.41, 5.74) is 3.82. The smallest absolute Gasteiger partial charge is 0.264 e. The maximum absolute atomic E-state index is 13.9. The molecule has 3 rings (SSSR count). The van der Waals surface area contributed by atoms with E-state index in [1.807, 2.05) is 26.8 Å². The van der Waals surface area contributed by atoms with Crippen molar-refractivity contribution in [1.29, 1.82) is 0 Å². The highest BCUT2D eigenvalue weighted by Crippen LogP contribution is 2.27. The van der Waals surface area contributed by atoms with Crippen molar-refractivity contribution in [3.63, 3.8) is 0 Å². The van der Waals surface area contributed by atoms with Crippen molar-refractivity contribution in [2.75, 3.05) is 17.4 Å². The summed E-state index contributed by atoms with van der Waals surface area (Å²) >= 11 is 6.37. The summed E-state index contributed by atoms with van der Waals surface area (Å²) in [6.07, 6.45) is 0. The molecular weight excluding hydrogens is 522 g/mol. The molecule has 0 saturated heterocycles. The number of hydrogen-bond donors (Lipinski definition) is 1. The van der Waals surface area contributed by atoms with E-state index in [0.717, 1.165) is 21.0 Å². The van der Waals surface area contributed by atoms with Crippen molar-refractivity contribution in [2.24, 2.45) is 0 Å². The van der Waals surface area contributed by atoms with Gasteiger partial charge in [0.05, 0.1) is 10.6 Å². The first kappa shape index (κ1) is 29.2. The average molecular weight is 556 g/mol. The van der Waals surface area contributed by atoms with Crippen LogP contribution >= 0.6 is 11.6 Å². The number of nitrogens with zero attached hydrogens (tertiary/aromatic N) is 2. The molecule has 0 spiro atoms. The molecule has 9 heteroatoms. The van der Waals surface area contributed by atoms with Crippen molar-refractivity contribution in [2.45, 2.75) is 52.1 Å². The van der Waals surface area contributed by atoms with Gasteiger partial charge < -0.3 is 10.2 Å². The van der Waals surface area contributed by atoms with Crippen molar-refractivity contribution < 1.29 is 18.0 Å². The molecule has 2 amide bonds. The zero-order chi connectivity index (χ0) is 28.0. The van der Waals surface area contributed by atoms with Gasteiger partial charge >= 0.3 is 0 Å². The third kappa shape index (κ3) is 6.74. The van der Waals surface area contributed by atoms with Gasteiger partial charge in [-0.25, -0.2) is 8.42 Å². The highest BCUT2D eigenvalue weighted by atomic mass is 35.5. The Labute approximate surface area is 230 Å². The van der Waals surface area contributed by atoms with Gasteiger partial charge in [0.2, 0.25) is 11.8 Å². The average Bonchev–Trinajstić information content (AvgIpc) is 2.88. The third-order valence-electron chi connectivity index (χ3n) is 6.48. The van der Waals surface area contributed by atoms with Crippen LogP contribution in [0.3, 0.4) is 0 Å². The van der Waals surface area contributed by atoms with E-state index in [1.54, 1.807) is 62.4 Å². The third-order valence-corrected chi connectivity index (χ3v) is 8.64. The van der Waals surface area contributed by atoms with Gasteiger partial charge in [-0.2, -0.15) is 0 Å². The number of amides is 2. The highest BCUT2D eigenvalue weighted by molar-refractivity contribution is 7.92. The molecule has 0 aliphatic rings. The molecule has 1 N–H and O–H groups in total. The topological polar surface area (TPSA) is 86.8 Å². The molecule has 38 heavy (non-hydrogen) atoms. The molecule has 3 aromatic rings. The molecule has 3 aromatic carbocycles. The van der Waals surface area contributed by atoms with Crippen LogP contribution in [0.4, 0.5) is 5.69 Å². The minimum Gasteiger partial charge on any atom is -0.355 e. The number of anilines is 1. The molecule has 0 aliphatic heterocycles. The summed E-state index contributed by atoms with van der Waals surface area (Å²) in [4.78, 5) is 28.1. The first-order valence-corrected chi connectivity index (χ1v) is 14.2. The molecule has 7 nitrogen and oxygen atoms in total. The number of nitrogens with one attached hydrogen (secondary N) is 1. The Kier molecular flexibility index (Phi) is 9.57. The molecular formula is C29H34ClN3O4S. The van der Waals surface area contributed by atoms with Crippen LogP contribution in [0.1, 0.15) is 36.1 Å². The van der Waals surface area contributed by atoms with E-state index in [1.165, 1.54) is 17.0 Å². The second kappa shape index (κ2) is 12.5. The molecule has 202 valence electrons. The molecule has 1 atom stereocenters. The van der Waals surface area contributed by atoms with E-state index in [4.69, 9.17) is 11.6 Å². The number of likely N-dealkylation sites (N-methyl/N-ethyl adjacent to an activating group) is 1. The normalized spacial score (nSPS) is 12.1. The summed E-state index contributed by atoms with van der Waals surface area (Å²) in [7, 11) is -4.11. The summed E-state index contributed by atoms with van der Waals surface area (Å²) in [6, 6.07) is 18.0. The number of sulfonamides is 1. The minimum absolute atomic E-state index is 0.0438. The number of carbonyl (C=O) groups excluding carboxylic acids is 2. The van der Waals surface area contributed by atoms with E-state index >= 15 is 0 Å². The van der Waals surface area contributed by atoms with Gasteiger partial charge in [0, 0.05) is 18.1 Å². The van der Waals surface area contributed by atoms with Crippen LogP contribution in [0.15, 0.2) is 71.6 Å². The lowest BCUT2D eigenvalue weighted by Gasteiger charge is -2.32. The standard InChI is InChI=1S/C29H34ClN3O4S/c1-6-31-29(35)23(5)32(18-24-9-7-8-10-27(24)30)28(34)19-33(25-14-13-21(3)22(4)17-25)38(36,37)26-15-11-20(2)12-16-26/h7-17,23H,6,18-19H2,1-5H3,(H,31,35)/t23-/m1/s1. The number of carbonyl (C=O) groups is 2. The summed E-state index contributed by atoms with van der Waals surface area (Å²) in [6.45, 7) is 9.05. The molecule has 0 fully saturated rings. The van der Waals surface area contributed by atoms with Crippen LogP contribution in [0.5, 0.6) is 0 Å². The fourth-order valence-electron chi connectivity index (χ4n) is 3.96. The van der Waals surface area contributed by atoms with Gasteiger partial charge in [-0.3, -0.25) is 13.9 Å². The van der Waals surface area contributed by atoms with Crippen LogP contribution < -0.4 is 9.62 Å². The first-order chi connectivity index (χ1) is 17.9. The maximum atomic E-state index is 13.9. The Morgan fingerprint density at radius 2 is 1.61 bits per heavy atom. The minimum atomic E-state index is -4.11. The summed E-state index contributed by atoms with van der Waals surface area (Å²) in [5, 5.41) is 3.19. The van der Waals surface area contributed by atoms with Gasteiger partial charge in [0.15, 0.2) is 0 Å². The van der Waals surface area contributed by atoms with E-state index in [9.17, 15) is 18.0 Å². The summed E-state index contributed by atoms with van der Waals surface area (Å²) < 4.78 is 28.9. The lowest BCUT2D eigenvalue weighted by Crippen LogP contribution is -2.51. The largest absolute Gasteiger partial charge is 0.355 e. The van der Waals surface area contributed by atoms with Gasteiger partial charge in [0.1, 0.15) is 12.6 Å². The Morgan fingerprint density at radius 1 is 0.947 bits per heavy atom. The fourth-order valence-corrected chi connectivity index (χ4v) is 5.56. The van der Waals surface area contributed by atoms with E-state index < -0.39 is 28.5 Å². The number of aryl methyl sites for hydroxylation is 3. The highest BCUT2D eigenvalue weighted by Gasteiger charge is 2.32. The van der Waals surface area contributed by atoms with Crippen LogP contribution in [-0.4, -0.2) is 44.3 Å².